The standard InChI is InChI=1S/C16H25N3/c1-11(2)18-13(5)14(6)19(12(3)4)16(18)15-9-7-8-10-17-15/h7-12,17H,1-6H3. The number of nitrogens with zero attached hydrogens (tertiary/aromatic N) is 2. The Kier molecular flexibility index (Phi) is 3.74. The van der Waals surface area contributed by atoms with E-state index in [2.05, 4.69) is 68.8 Å². The summed E-state index contributed by atoms with van der Waals surface area (Å²) >= 11 is 0. The molecule has 3 heteroatoms. The topological polar surface area (TPSA) is 18.5 Å². The highest BCUT2D eigenvalue weighted by atomic mass is 15.4. The minimum atomic E-state index is 0.447. The van der Waals surface area contributed by atoms with Crippen LogP contribution in [0.3, 0.4) is 0 Å². The SMILES string of the molecule is CC1=C(C)N(C(C)C)C(=C2C=CC=CN2)N1C(C)C. The first-order chi connectivity index (χ1) is 8.95. The van der Waals surface area contributed by atoms with Gasteiger partial charge in [0.25, 0.3) is 0 Å². The van der Waals surface area contributed by atoms with E-state index >= 15 is 0 Å². The maximum atomic E-state index is 3.37. The molecule has 2 aliphatic rings. The van der Waals surface area contributed by atoms with E-state index in [-0.39, 0.29) is 0 Å². The first-order valence-corrected chi connectivity index (χ1v) is 7.05. The summed E-state index contributed by atoms with van der Waals surface area (Å²) in [5.74, 6) is 1.26. The molecule has 0 radical (unpaired) electrons. The number of dihydropyridines is 1. The second-order valence-corrected chi connectivity index (χ2v) is 5.70. The Morgan fingerprint density at radius 3 is 1.79 bits per heavy atom. The van der Waals surface area contributed by atoms with E-state index in [1.165, 1.54) is 22.9 Å². The molecule has 2 aliphatic heterocycles. The van der Waals surface area contributed by atoms with Gasteiger partial charge >= 0.3 is 0 Å². The fourth-order valence-electron chi connectivity index (χ4n) is 2.84. The van der Waals surface area contributed by atoms with Crippen molar-refractivity contribution in [1.82, 2.24) is 15.1 Å². The summed E-state index contributed by atoms with van der Waals surface area (Å²) in [5, 5.41) is 3.37. The van der Waals surface area contributed by atoms with Crippen molar-refractivity contribution in [1.29, 1.82) is 0 Å². The Morgan fingerprint density at radius 2 is 1.42 bits per heavy atom. The first-order valence-electron chi connectivity index (χ1n) is 7.05. The van der Waals surface area contributed by atoms with Gasteiger partial charge in [0.2, 0.25) is 0 Å². The van der Waals surface area contributed by atoms with E-state index in [1.54, 1.807) is 0 Å². The summed E-state index contributed by atoms with van der Waals surface area (Å²) in [7, 11) is 0. The molecule has 0 saturated carbocycles. The van der Waals surface area contributed by atoms with Gasteiger partial charge in [0.15, 0.2) is 0 Å². The largest absolute Gasteiger partial charge is 0.359 e. The van der Waals surface area contributed by atoms with E-state index in [0.29, 0.717) is 12.1 Å². The lowest BCUT2D eigenvalue weighted by molar-refractivity contribution is 0.263. The lowest BCUT2D eigenvalue weighted by Crippen LogP contribution is -2.36. The van der Waals surface area contributed by atoms with Crippen LogP contribution in [0.2, 0.25) is 0 Å². The Hall–Kier alpha value is -1.64. The molecule has 0 fully saturated rings. The maximum absolute atomic E-state index is 3.37. The second kappa shape index (κ2) is 5.16. The van der Waals surface area contributed by atoms with E-state index in [1.807, 2.05) is 12.3 Å². The molecule has 0 aromatic rings. The average Bonchev–Trinajstić information content (AvgIpc) is 2.63. The quantitative estimate of drug-likeness (QED) is 0.818. The Bertz CT molecular complexity index is 452. The Balaban J connectivity index is 2.54. The maximum Gasteiger partial charge on any atom is 0.137 e. The third kappa shape index (κ3) is 2.29. The van der Waals surface area contributed by atoms with E-state index < -0.39 is 0 Å². The van der Waals surface area contributed by atoms with Crippen molar-refractivity contribution in [2.24, 2.45) is 0 Å². The van der Waals surface area contributed by atoms with Gasteiger partial charge in [-0.25, -0.2) is 0 Å². The molecule has 104 valence electrons. The molecule has 1 N–H and O–H groups in total. The van der Waals surface area contributed by atoms with Crippen molar-refractivity contribution >= 4 is 0 Å². The van der Waals surface area contributed by atoms with Crippen LogP contribution < -0.4 is 5.32 Å². The van der Waals surface area contributed by atoms with Gasteiger partial charge < -0.3 is 15.1 Å². The monoisotopic (exact) mass is 259 g/mol. The van der Waals surface area contributed by atoms with Gasteiger partial charge in [0.1, 0.15) is 5.82 Å². The van der Waals surface area contributed by atoms with Crippen LogP contribution in [0.4, 0.5) is 0 Å². The van der Waals surface area contributed by atoms with Gasteiger partial charge in [-0.15, -0.1) is 0 Å². The van der Waals surface area contributed by atoms with Crippen LogP contribution in [0.25, 0.3) is 0 Å². The van der Waals surface area contributed by atoms with E-state index in [9.17, 15) is 0 Å². The molecular weight excluding hydrogens is 234 g/mol. The predicted octanol–water partition coefficient (Wildman–Crippen LogP) is 3.51. The Morgan fingerprint density at radius 1 is 0.895 bits per heavy atom. The van der Waals surface area contributed by atoms with Crippen LogP contribution in [0, 0.1) is 0 Å². The highest BCUT2D eigenvalue weighted by Gasteiger charge is 2.34. The summed E-state index contributed by atoms with van der Waals surface area (Å²) in [6, 6.07) is 0.893. The molecule has 0 aromatic carbocycles. The van der Waals surface area contributed by atoms with E-state index in [0.717, 1.165) is 0 Å². The van der Waals surface area contributed by atoms with Gasteiger partial charge in [-0.2, -0.15) is 0 Å². The molecular formula is C16H25N3. The number of hydrogen-bond donors (Lipinski definition) is 1. The summed E-state index contributed by atoms with van der Waals surface area (Å²) in [6.45, 7) is 13.4. The van der Waals surface area contributed by atoms with Gasteiger partial charge in [-0.1, -0.05) is 6.08 Å². The minimum absolute atomic E-state index is 0.447. The molecule has 0 aliphatic carbocycles. The third-order valence-corrected chi connectivity index (χ3v) is 3.69. The summed E-state index contributed by atoms with van der Waals surface area (Å²) in [6.07, 6.45) is 8.23. The summed E-state index contributed by atoms with van der Waals surface area (Å²) in [4.78, 5) is 4.84. The highest BCUT2D eigenvalue weighted by Crippen LogP contribution is 2.37. The second-order valence-electron chi connectivity index (χ2n) is 5.70. The lowest BCUT2D eigenvalue weighted by Gasteiger charge is -2.34. The molecule has 19 heavy (non-hydrogen) atoms. The number of rotatable bonds is 2. The number of nitrogens with one attached hydrogen (secondary N) is 1. The van der Waals surface area contributed by atoms with Crippen LogP contribution in [-0.4, -0.2) is 21.9 Å². The van der Waals surface area contributed by atoms with Crippen molar-refractivity contribution in [3.8, 4) is 0 Å². The molecule has 0 atom stereocenters. The molecule has 0 amide bonds. The molecule has 0 aromatic heterocycles. The molecule has 0 spiro atoms. The smallest absolute Gasteiger partial charge is 0.137 e. The summed E-state index contributed by atoms with van der Waals surface area (Å²) in [5.41, 5.74) is 3.85. The van der Waals surface area contributed by atoms with Crippen molar-refractivity contribution in [3.05, 3.63) is 47.3 Å². The van der Waals surface area contributed by atoms with Crippen LogP contribution in [-0.2, 0) is 0 Å². The molecule has 2 heterocycles. The predicted molar refractivity (Wildman–Crippen MR) is 80.8 cm³/mol. The van der Waals surface area contributed by atoms with Gasteiger partial charge in [-0.05, 0) is 53.7 Å². The van der Waals surface area contributed by atoms with Crippen LogP contribution >= 0.6 is 0 Å². The van der Waals surface area contributed by atoms with Crippen molar-refractivity contribution in [2.45, 2.75) is 53.6 Å². The molecule has 0 unspecified atom stereocenters. The molecule has 0 bridgehead atoms. The highest BCUT2D eigenvalue weighted by molar-refractivity contribution is 5.38. The van der Waals surface area contributed by atoms with Crippen molar-refractivity contribution < 1.29 is 0 Å². The third-order valence-electron chi connectivity index (χ3n) is 3.69. The lowest BCUT2D eigenvalue weighted by atomic mass is 10.2. The van der Waals surface area contributed by atoms with Crippen LogP contribution in [0.5, 0.6) is 0 Å². The normalized spacial score (nSPS) is 19.4. The minimum Gasteiger partial charge on any atom is -0.359 e. The molecule has 3 nitrogen and oxygen atoms in total. The van der Waals surface area contributed by atoms with Crippen molar-refractivity contribution in [3.63, 3.8) is 0 Å². The summed E-state index contributed by atoms with van der Waals surface area (Å²) < 4.78 is 0. The van der Waals surface area contributed by atoms with Crippen LogP contribution in [0.15, 0.2) is 47.3 Å². The van der Waals surface area contributed by atoms with Gasteiger partial charge in [-0.3, -0.25) is 0 Å². The Labute approximate surface area is 117 Å². The molecule has 2 rings (SSSR count). The van der Waals surface area contributed by atoms with E-state index in [4.69, 9.17) is 0 Å². The zero-order chi connectivity index (χ0) is 14.2. The number of hydrogen-bond acceptors (Lipinski definition) is 3. The number of allylic oxidation sites excluding steroid dienone is 5. The van der Waals surface area contributed by atoms with Gasteiger partial charge in [0, 0.05) is 29.7 Å². The van der Waals surface area contributed by atoms with Crippen molar-refractivity contribution in [2.75, 3.05) is 0 Å². The van der Waals surface area contributed by atoms with Gasteiger partial charge in [0.05, 0.1) is 5.70 Å². The first kappa shape index (κ1) is 13.8. The fourth-order valence-corrected chi connectivity index (χ4v) is 2.84. The molecule has 0 saturated heterocycles. The zero-order valence-electron chi connectivity index (χ0n) is 12.9. The average molecular weight is 259 g/mol. The fraction of sp³-hybridized carbons (Fsp3) is 0.500. The zero-order valence-corrected chi connectivity index (χ0v) is 12.9. The van der Waals surface area contributed by atoms with Crippen LogP contribution in [0.1, 0.15) is 41.5 Å².